The van der Waals surface area contributed by atoms with Gasteiger partial charge in [0.05, 0.1) is 0 Å². The minimum absolute atomic E-state index is 0.0233. The van der Waals surface area contributed by atoms with Crippen LogP contribution in [-0.2, 0) is 0 Å². The summed E-state index contributed by atoms with van der Waals surface area (Å²) in [5.74, 6) is -1.02. The van der Waals surface area contributed by atoms with Crippen LogP contribution in [0.4, 0.5) is 8.78 Å². The number of carbonyl (C=O) groups is 1. The second kappa shape index (κ2) is 5.40. The third kappa shape index (κ3) is 2.54. The molecule has 0 radical (unpaired) electrons. The summed E-state index contributed by atoms with van der Waals surface area (Å²) in [7, 11) is 0. The molecule has 6 heteroatoms. The first-order chi connectivity index (χ1) is 9.41. The van der Waals surface area contributed by atoms with Crippen LogP contribution < -0.4 is 0 Å². The van der Waals surface area contributed by atoms with Crippen LogP contribution >= 0.6 is 0 Å². The first kappa shape index (κ1) is 14.2. The third-order valence-electron chi connectivity index (χ3n) is 2.89. The summed E-state index contributed by atoms with van der Waals surface area (Å²) < 4.78 is 30.1. The van der Waals surface area contributed by atoms with Crippen molar-refractivity contribution in [3.63, 3.8) is 0 Å². The van der Waals surface area contributed by atoms with E-state index in [4.69, 9.17) is 4.52 Å². The molecule has 0 bridgehead atoms. The summed E-state index contributed by atoms with van der Waals surface area (Å²) >= 11 is 0. The van der Waals surface area contributed by atoms with E-state index in [1.54, 1.807) is 13.8 Å². The molecule has 0 atom stereocenters. The molecule has 0 saturated carbocycles. The van der Waals surface area contributed by atoms with Crippen LogP contribution in [-0.4, -0.2) is 16.2 Å². The van der Waals surface area contributed by atoms with Crippen molar-refractivity contribution in [3.8, 4) is 11.3 Å². The van der Waals surface area contributed by atoms with Crippen molar-refractivity contribution >= 4 is 5.97 Å². The van der Waals surface area contributed by atoms with Crippen LogP contribution in [0.25, 0.3) is 11.3 Å². The van der Waals surface area contributed by atoms with Crippen LogP contribution in [0.3, 0.4) is 0 Å². The molecule has 0 aliphatic heterocycles. The lowest BCUT2D eigenvalue weighted by molar-refractivity contribution is 0.0694. The van der Waals surface area contributed by atoms with Gasteiger partial charge in [0.2, 0.25) is 0 Å². The van der Waals surface area contributed by atoms with Gasteiger partial charge in [0.25, 0.3) is 6.43 Å². The zero-order chi connectivity index (χ0) is 14.9. The highest BCUT2D eigenvalue weighted by molar-refractivity contribution is 5.96. The van der Waals surface area contributed by atoms with Gasteiger partial charge in [-0.05, 0) is 0 Å². The number of rotatable bonds is 4. The first-order valence-corrected chi connectivity index (χ1v) is 6.03. The highest BCUT2D eigenvalue weighted by Crippen LogP contribution is 2.31. The standard InChI is InChI=1S/C14H13F2NO3/c1-7(2)12-10(14(18)19)11(17-20-12)8-3-5-9(6-4-8)13(15)16/h3-7,13H,1-2H3,(H,18,19). The Kier molecular flexibility index (Phi) is 3.83. The molecule has 2 rings (SSSR count). The topological polar surface area (TPSA) is 63.3 Å². The molecule has 0 aliphatic rings. The summed E-state index contributed by atoms with van der Waals surface area (Å²) in [6, 6.07) is 5.32. The average molecular weight is 281 g/mol. The van der Waals surface area contributed by atoms with Gasteiger partial charge in [-0.15, -0.1) is 0 Å². The molecule has 1 N–H and O–H groups in total. The Morgan fingerprint density at radius 2 is 1.85 bits per heavy atom. The van der Waals surface area contributed by atoms with Crippen molar-refractivity contribution in [2.24, 2.45) is 0 Å². The van der Waals surface area contributed by atoms with E-state index in [1.807, 2.05) is 0 Å². The van der Waals surface area contributed by atoms with E-state index in [2.05, 4.69) is 5.16 Å². The van der Waals surface area contributed by atoms with Gasteiger partial charge >= 0.3 is 5.97 Å². The number of hydrogen-bond acceptors (Lipinski definition) is 3. The summed E-state index contributed by atoms with van der Waals surface area (Å²) in [5.41, 5.74) is 0.437. The van der Waals surface area contributed by atoms with Gasteiger partial charge in [0.1, 0.15) is 11.3 Å². The lowest BCUT2D eigenvalue weighted by Gasteiger charge is -2.03. The Balaban J connectivity index is 2.50. The highest BCUT2D eigenvalue weighted by Gasteiger charge is 2.25. The van der Waals surface area contributed by atoms with Crippen molar-refractivity contribution in [2.45, 2.75) is 26.2 Å². The van der Waals surface area contributed by atoms with Gasteiger partial charge in [-0.2, -0.15) is 0 Å². The SMILES string of the molecule is CC(C)c1onc(-c2ccc(C(F)F)cc2)c1C(=O)O. The first-order valence-electron chi connectivity index (χ1n) is 6.03. The van der Waals surface area contributed by atoms with Gasteiger partial charge in [-0.25, -0.2) is 13.6 Å². The van der Waals surface area contributed by atoms with E-state index < -0.39 is 12.4 Å². The largest absolute Gasteiger partial charge is 0.477 e. The maximum atomic E-state index is 12.5. The number of alkyl halides is 2. The number of hydrogen-bond donors (Lipinski definition) is 1. The zero-order valence-electron chi connectivity index (χ0n) is 10.9. The minimum Gasteiger partial charge on any atom is -0.477 e. The van der Waals surface area contributed by atoms with Crippen LogP contribution in [0.2, 0.25) is 0 Å². The van der Waals surface area contributed by atoms with Gasteiger partial charge < -0.3 is 9.63 Å². The van der Waals surface area contributed by atoms with Gasteiger partial charge in [0.15, 0.2) is 5.76 Å². The number of nitrogens with zero attached hydrogens (tertiary/aromatic N) is 1. The number of carboxylic acid groups (broad SMARTS) is 1. The van der Waals surface area contributed by atoms with Crippen molar-refractivity contribution < 1.29 is 23.2 Å². The minimum atomic E-state index is -2.56. The Morgan fingerprint density at radius 1 is 1.25 bits per heavy atom. The molecule has 0 unspecified atom stereocenters. The molecule has 106 valence electrons. The van der Waals surface area contributed by atoms with Crippen LogP contribution in [0, 0.1) is 0 Å². The molecule has 0 spiro atoms. The molecule has 2 aromatic rings. The maximum absolute atomic E-state index is 12.5. The van der Waals surface area contributed by atoms with E-state index in [0.717, 1.165) is 0 Å². The fourth-order valence-corrected chi connectivity index (χ4v) is 1.89. The number of halogens is 2. The van der Waals surface area contributed by atoms with Crippen molar-refractivity contribution in [3.05, 3.63) is 41.2 Å². The van der Waals surface area contributed by atoms with Crippen molar-refractivity contribution in [1.29, 1.82) is 0 Å². The maximum Gasteiger partial charge on any atom is 0.341 e. The quantitative estimate of drug-likeness (QED) is 0.916. The monoisotopic (exact) mass is 281 g/mol. The molecule has 4 nitrogen and oxygen atoms in total. The predicted molar refractivity (Wildman–Crippen MR) is 67.9 cm³/mol. The Labute approximate surface area is 114 Å². The molecule has 1 heterocycles. The van der Waals surface area contributed by atoms with Gasteiger partial charge in [0, 0.05) is 17.0 Å². The fraction of sp³-hybridized carbons (Fsp3) is 0.286. The lowest BCUT2D eigenvalue weighted by atomic mass is 10.0. The summed E-state index contributed by atoms with van der Waals surface area (Å²) in [4.78, 5) is 11.3. The van der Waals surface area contributed by atoms with Gasteiger partial charge in [-0.1, -0.05) is 43.3 Å². The molecule has 0 amide bonds. The highest BCUT2D eigenvalue weighted by atomic mass is 19.3. The Hall–Kier alpha value is -2.24. The van der Waals surface area contributed by atoms with Crippen LogP contribution in [0.1, 0.15) is 47.9 Å². The number of carboxylic acids is 1. The number of benzene rings is 1. The van der Waals surface area contributed by atoms with Crippen LogP contribution in [0.15, 0.2) is 28.8 Å². The summed E-state index contributed by atoms with van der Waals surface area (Å²) in [6.45, 7) is 3.58. The van der Waals surface area contributed by atoms with Crippen LogP contribution in [0.5, 0.6) is 0 Å². The number of aromatic carboxylic acids is 1. The van der Waals surface area contributed by atoms with E-state index in [-0.39, 0.29) is 28.5 Å². The van der Waals surface area contributed by atoms with Gasteiger partial charge in [-0.3, -0.25) is 0 Å². The smallest absolute Gasteiger partial charge is 0.341 e. The molecular weight excluding hydrogens is 268 g/mol. The molecule has 0 saturated heterocycles. The summed E-state index contributed by atoms with van der Waals surface area (Å²) in [5, 5.41) is 13.0. The molecule has 20 heavy (non-hydrogen) atoms. The molecule has 0 fully saturated rings. The predicted octanol–water partition coefficient (Wildman–Crippen LogP) is 4.10. The third-order valence-corrected chi connectivity index (χ3v) is 2.89. The second-order valence-electron chi connectivity index (χ2n) is 4.65. The van der Waals surface area contributed by atoms with E-state index in [0.29, 0.717) is 5.56 Å². The Bertz CT molecular complexity index is 618. The van der Waals surface area contributed by atoms with Crippen molar-refractivity contribution in [2.75, 3.05) is 0 Å². The molecule has 1 aromatic heterocycles. The molecule has 0 aliphatic carbocycles. The van der Waals surface area contributed by atoms with E-state index in [9.17, 15) is 18.7 Å². The fourth-order valence-electron chi connectivity index (χ4n) is 1.89. The lowest BCUT2D eigenvalue weighted by Crippen LogP contribution is -2.02. The van der Waals surface area contributed by atoms with E-state index in [1.165, 1.54) is 24.3 Å². The molecule has 1 aromatic carbocycles. The second-order valence-corrected chi connectivity index (χ2v) is 4.65. The Morgan fingerprint density at radius 3 is 2.30 bits per heavy atom. The average Bonchev–Trinajstić information content (AvgIpc) is 2.83. The number of aromatic nitrogens is 1. The molecular formula is C14H13F2NO3. The van der Waals surface area contributed by atoms with E-state index >= 15 is 0 Å². The zero-order valence-corrected chi connectivity index (χ0v) is 10.9. The normalized spacial score (nSPS) is 11.3. The van der Waals surface area contributed by atoms with Crippen molar-refractivity contribution in [1.82, 2.24) is 5.16 Å². The summed E-state index contributed by atoms with van der Waals surface area (Å²) in [6.07, 6.45) is -2.56.